The van der Waals surface area contributed by atoms with Gasteiger partial charge in [0.1, 0.15) is 0 Å². The first-order valence-electron chi connectivity index (χ1n) is 7.18. The summed E-state index contributed by atoms with van der Waals surface area (Å²) in [5, 5.41) is 7.08. The van der Waals surface area contributed by atoms with Crippen LogP contribution < -0.4 is 11.1 Å². The first-order valence-corrected chi connectivity index (χ1v) is 7.18. The van der Waals surface area contributed by atoms with Crippen LogP contribution in [0.2, 0.25) is 0 Å². The highest BCUT2D eigenvalue weighted by Crippen LogP contribution is 2.14. The van der Waals surface area contributed by atoms with Crippen molar-refractivity contribution >= 4 is 24.0 Å². The molecular formula is C16H23ClN4O. The van der Waals surface area contributed by atoms with Crippen LogP contribution in [-0.4, -0.2) is 21.2 Å². The number of hydrogen-bond acceptors (Lipinski definition) is 3. The number of carbonyl (C=O) groups is 1. The third kappa shape index (κ3) is 4.86. The summed E-state index contributed by atoms with van der Waals surface area (Å²) in [6.45, 7) is 4.43. The molecule has 3 N–H and O–H groups in total. The number of nitrogens with zero attached hydrogens (tertiary/aromatic N) is 2. The molecule has 120 valence electrons. The van der Waals surface area contributed by atoms with Gasteiger partial charge in [0.2, 0.25) is 5.91 Å². The van der Waals surface area contributed by atoms with E-state index >= 15 is 0 Å². The van der Waals surface area contributed by atoms with Gasteiger partial charge in [-0.25, -0.2) is 0 Å². The summed E-state index contributed by atoms with van der Waals surface area (Å²) in [7, 11) is 0. The monoisotopic (exact) mass is 322 g/mol. The quantitative estimate of drug-likeness (QED) is 0.859. The molecule has 0 bridgehead atoms. The summed E-state index contributed by atoms with van der Waals surface area (Å²) >= 11 is 0. The van der Waals surface area contributed by atoms with Crippen molar-refractivity contribution in [3.05, 3.63) is 48.3 Å². The van der Waals surface area contributed by atoms with Crippen LogP contribution in [0, 0.1) is 0 Å². The summed E-state index contributed by atoms with van der Waals surface area (Å²) in [4.78, 5) is 12.1. The van der Waals surface area contributed by atoms with Gasteiger partial charge in [-0.2, -0.15) is 5.10 Å². The number of hydrogen-bond donors (Lipinski definition) is 2. The summed E-state index contributed by atoms with van der Waals surface area (Å²) < 4.78 is 1.79. The first kappa shape index (κ1) is 18.2. The lowest BCUT2D eigenvalue weighted by molar-refractivity contribution is -0.120. The average molecular weight is 323 g/mol. The van der Waals surface area contributed by atoms with Gasteiger partial charge in [0.25, 0.3) is 0 Å². The molecule has 0 saturated carbocycles. The molecule has 1 aromatic carbocycles. The summed E-state index contributed by atoms with van der Waals surface area (Å²) in [5.74, 6) is -0.177. The van der Waals surface area contributed by atoms with Gasteiger partial charge in [-0.3, -0.25) is 9.48 Å². The van der Waals surface area contributed by atoms with Crippen molar-refractivity contribution in [1.29, 1.82) is 0 Å². The predicted molar refractivity (Wildman–Crippen MR) is 91.1 cm³/mol. The van der Waals surface area contributed by atoms with Gasteiger partial charge in [0, 0.05) is 6.20 Å². The number of benzene rings is 1. The molecule has 0 fully saturated rings. The number of rotatable bonds is 6. The second kappa shape index (κ2) is 7.96. The number of nitrogens with one attached hydrogen (secondary N) is 1. The predicted octanol–water partition coefficient (Wildman–Crippen LogP) is 2.81. The van der Waals surface area contributed by atoms with E-state index in [0.29, 0.717) is 18.7 Å². The van der Waals surface area contributed by atoms with E-state index in [4.69, 9.17) is 5.73 Å². The third-order valence-corrected chi connectivity index (χ3v) is 3.37. The molecule has 22 heavy (non-hydrogen) atoms. The van der Waals surface area contributed by atoms with Gasteiger partial charge < -0.3 is 11.1 Å². The Morgan fingerprint density at radius 1 is 1.36 bits per heavy atom. The van der Waals surface area contributed by atoms with Crippen molar-refractivity contribution in [3.63, 3.8) is 0 Å². The zero-order valence-electron chi connectivity index (χ0n) is 13.0. The summed E-state index contributed by atoms with van der Waals surface area (Å²) in [6, 6.07) is 10.0. The summed E-state index contributed by atoms with van der Waals surface area (Å²) in [6.07, 6.45) is 4.97. The number of carbonyl (C=O) groups excluding carboxylic acids is 1. The molecule has 1 heterocycles. The van der Waals surface area contributed by atoms with E-state index in [-0.39, 0.29) is 18.3 Å². The van der Waals surface area contributed by atoms with Crippen molar-refractivity contribution in [2.45, 2.75) is 38.8 Å². The van der Waals surface area contributed by atoms with E-state index in [1.165, 1.54) is 0 Å². The maximum Gasteiger partial charge on any atom is 0.244 e. The fourth-order valence-electron chi connectivity index (χ4n) is 2.19. The molecule has 0 aliphatic rings. The van der Waals surface area contributed by atoms with E-state index in [9.17, 15) is 4.79 Å². The lowest BCUT2D eigenvalue weighted by atomic mass is 9.96. The van der Waals surface area contributed by atoms with Crippen molar-refractivity contribution < 1.29 is 4.79 Å². The molecule has 0 saturated heterocycles. The molecule has 0 aliphatic heterocycles. The zero-order chi connectivity index (χ0) is 15.3. The summed E-state index contributed by atoms with van der Waals surface area (Å²) in [5.41, 5.74) is 6.99. The third-order valence-electron chi connectivity index (χ3n) is 3.37. The lowest BCUT2D eigenvalue weighted by Gasteiger charge is -2.22. The Hall–Kier alpha value is -1.85. The second-order valence-electron chi connectivity index (χ2n) is 5.53. The van der Waals surface area contributed by atoms with Gasteiger partial charge in [0.15, 0.2) is 0 Å². The van der Waals surface area contributed by atoms with Crippen LogP contribution in [-0.2, 0) is 11.3 Å². The number of halogens is 1. The van der Waals surface area contributed by atoms with Crippen LogP contribution >= 0.6 is 12.4 Å². The van der Waals surface area contributed by atoms with Crippen LogP contribution in [0.25, 0.3) is 0 Å². The highest BCUT2D eigenvalue weighted by molar-refractivity contribution is 5.97. The van der Waals surface area contributed by atoms with Crippen LogP contribution in [0.5, 0.6) is 0 Å². The molecule has 0 aliphatic carbocycles. The first-order chi connectivity index (χ1) is 10.0. The fraction of sp³-hybridized carbons (Fsp3) is 0.375. The molecule has 6 heteroatoms. The van der Waals surface area contributed by atoms with E-state index in [2.05, 4.69) is 10.4 Å². The maximum atomic E-state index is 12.1. The molecule has 0 radical (unpaired) electrons. The number of amides is 1. The minimum absolute atomic E-state index is 0. The highest BCUT2D eigenvalue weighted by atomic mass is 35.5. The number of aromatic nitrogens is 2. The minimum Gasteiger partial charge on any atom is -0.322 e. The second-order valence-corrected chi connectivity index (χ2v) is 5.53. The van der Waals surface area contributed by atoms with Gasteiger partial charge in [-0.05, 0) is 18.9 Å². The van der Waals surface area contributed by atoms with E-state index in [1.54, 1.807) is 17.8 Å². The number of nitrogens with two attached hydrogens (primary N) is 1. The van der Waals surface area contributed by atoms with Crippen LogP contribution in [0.15, 0.2) is 42.7 Å². The standard InChI is InChI=1S/C16H22N4O.ClH/c1-3-9-16(2,17)15(21)19-14-10-18-20(12-14)11-13-7-5-4-6-8-13;/h4-8,10,12H,3,9,11,17H2,1-2H3,(H,19,21);1H. The van der Waals surface area contributed by atoms with Crippen molar-refractivity contribution in [2.75, 3.05) is 5.32 Å². The maximum absolute atomic E-state index is 12.1. The Morgan fingerprint density at radius 3 is 2.68 bits per heavy atom. The zero-order valence-corrected chi connectivity index (χ0v) is 13.8. The van der Waals surface area contributed by atoms with E-state index in [1.807, 2.05) is 43.5 Å². The molecule has 2 rings (SSSR count). The molecular weight excluding hydrogens is 300 g/mol. The van der Waals surface area contributed by atoms with Crippen LogP contribution in [0.4, 0.5) is 5.69 Å². The molecule has 1 atom stereocenters. The van der Waals surface area contributed by atoms with Gasteiger partial charge in [-0.1, -0.05) is 43.7 Å². The lowest BCUT2D eigenvalue weighted by Crippen LogP contribution is -2.48. The SMILES string of the molecule is CCCC(C)(N)C(=O)Nc1cnn(Cc2ccccc2)c1.Cl. The largest absolute Gasteiger partial charge is 0.322 e. The topological polar surface area (TPSA) is 72.9 Å². The molecule has 2 aromatic rings. The van der Waals surface area contributed by atoms with Gasteiger partial charge in [0.05, 0.1) is 24.0 Å². The normalized spacial score (nSPS) is 13.0. The van der Waals surface area contributed by atoms with E-state index < -0.39 is 5.54 Å². The van der Waals surface area contributed by atoms with Crippen LogP contribution in [0.1, 0.15) is 32.3 Å². The smallest absolute Gasteiger partial charge is 0.244 e. The average Bonchev–Trinajstić information content (AvgIpc) is 2.87. The van der Waals surface area contributed by atoms with Gasteiger partial charge in [-0.15, -0.1) is 12.4 Å². The molecule has 0 spiro atoms. The Kier molecular flexibility index (Phi) is 6.59. The Balaban J connectivity index is 0.00000242. The molecule has 1 unspecified atom stereocenters. The molecule has 1 aromatic heterocycles. The van der Waals surface area contributed by atoms with Crippen LogP contribution in [0.3, 0.4) is 0 Å². The highest BCUT2D eigenvalue weighted by Gasteiger charge is 2.27. The van der Waals surface area contributed by atoms with Crippen molar-refractivity contribution in [2.24, 2.45) is 5.73 Å². The fourth-order valence-corrected chi connectivity index (χ4v) is 2.19. The van der Waals surface area contributed by atoms with Crippen molar-refractivity contribution in [3.8, 4) is 0 Å². The van der Waals surface area contributed by atoms with E-state index in [0.717, 1.165) is 12.0 Å². The van der Waals surface area contributed by atoms with Gasteiger partial charge >= 0.3 is 0 Å². The molecule has 5 nitrogen and oxygen atoms in total. The Bertz CT molecular complexity index is 595. The Morgan fingerprint density at radius 2 is 2.05 bits per heavy atom. The van der Waals surface area contributed by atoms with Crippen molar-refractivity contribution in [1.82, 2.24) is 9.78 Å². The minimum atomic E-state index is -0.851. The Labute approximate surface area is 137 Å². The number of anilines is 1. The molecule has 1 amide bonds.